The number of aromatic nitrogens is 4. The third-order valence-electron chi connectivity index (χ3n) is 7.93. The highest BCUT2D eigenvalue weighted by Crippen LogP contribution is 2.36. The molecule has 9 heteroatoms. The summed E-state index contributed by atoms with van der Waals surface area (Å²) in [6.45, 7) is 5.72. The Morgan fingerprint density at radius 3 is 2.55 bits per heavy atom. The Hall–Kier alpha value is -3.82. The van der Waals surface area contributed by atoms with Gasteiger partial charge >= 0.3 is 0 Å². The summed E-state index contributed by atoms with van der Waals surface area (Å²) in [4.78, 5) is 31.4. The number of morpholine rings is 1. The predicted molar refractivity (Wildman–Crippen MR) is 150 cm³/mol. The minimum atomic E-state index is -0.192. The van der Waals surface area contributed by atoms with Gasteiger partial charge < -0.3 is 20.8 Å². The van der Waals surface area contributed by atoms with E-state index in [-0.39, 0.29) is 11.5 Å². The van der Waals surface area contributed by atoms with E-state index in [1.807, 2.05) is 19.1 Å². The molecular weight excluding hydrogens is 478 g/mol. The molecule has 1 aromatic carbocycles. The Balaban J connectivity index is 1.23. The number of nitrogens with one attached hydrogen (secondary N) is 2. The number of rotatable bonds is 5. The van der Waals surface area contributed by atoms with Gasteiger partial charge in [-0.2, -0.15) is 0 Å². The van der Waals surface area contributed by atoms with Gasteiger partial charge in [0, 0.05) is 42.8 Å². The maximum atomic E-state index is 12.8. The minimum Gasteiger partial charge on any atom is -0.379 e. The highest BCUT2D eigenvalue weighted by molar-refractivity contribution is 5.95. The largest absolute Gasteiger partial charge is 0.379 e. The predicted octanol–water partition coefficient (Wildman–Crippen LogP) is 4.37. The molecule has 0 unspecified atom stereocenters. The second kappa shape index (κ2) is 10.5. The summed E-state index contributed by atoms with van der Waals surface area (Å²) in [6, 6.07) is 13.0. The molecule has 1 aliphatic heterocycles. The van der Waals surface area contributed by atoms with Crippen molar-refractivity contribution in [2.75, 3.05) is 37.4 Å². The Morgan fingerprint density at radius 2 is 1.82 bits per heavy atom. The fourth-order valence-corrected chi connectivity index (χ4v) is 5.87. The number of pyridine rings is 2. The molecule has 6 rings (SSSR count). The molecule has 1 saturated carbocycles. The zero-order chi connectivity index (χ0) is 26.1. The molecule has 9 nitrogen and oxygen atoms in total. The van der Waals surface area contributed by atoms with Crippen molar-refractivity contribution in [3.63, 3.8) is 0 Å². The van der Waals surface area contributed by atoms with Gasteiger partial charge in [0.1, 0.15) is 5.82 Å². The van der Waals surface area contributed by atoms with E-state index in [2.05, 4.69) is 49.4 Å². The fraction of sp³-hybridized carbons (Fsp3) is 0.379. The van der Waals surface area contributed by atoms with Crippen LogP contribution in [0.2, 0.25) is 0 Å². The standard InChI is InChI=1S/C29H33N7O2/c1-18-24(17-32-29(30)33-18)25-16-21-10-11-31-28(37)26(21)27(35-25)34-22-6-2-19(3-7-22)20-4-8-23(9-5-20)36-12-14-38-15-13-36/h2-3,6-7,10-11,16-17,20,23H,4-5,8-9,12-15H2,1H3,(H,31,37)(H,34,35)(H2,30,32,33). The molecule has 3 aromatic heterocycles. The number of nitrogen functional groups attached to an aromatic ring is 1. The van der Waals surface area contributed by atoms with Crippen LogP contribution in [0.3, 0.4) is 0 Å². The summed E-state index contributed by atoms with van der Waals surface area (Å²) in [7, 11) is 0. The second-order valence-corrected chi connectivity index (χ2v) is 10.3. The lowest BCUT2D eigenvalue weighted by Crippen LogP contribution is -2.44. The van der Waals surface area contributed by atoms with Crippen molar-refractivity contribution in [2.24, 2.45) is 0 Å². The van der Waals surface area contributed by atoms with Crippen LogP contribution in [0.15, 0.2) is 53.6 Å². The number of aromatic amines is 1. The third kappa shape index (κ3) is 4.99. The van der Waals surface area contributed by atoms with Crippen LogP contribution in [0, 0.1) is 6.92 Å². The van der Waals surface area contributed by atoms with E-state index in [0.717, 1.165) is 48.6 Å². The van der Waals surface area contributed by atoms with Gasteiger partial charge in [-0.3, -0.25) is 9.69 Å². The van der Waals surface area contributed by atoms with E-state index < -0.39 is 0 Å². The molecule has 0 bridgehead atoms. The van der Waals surface area contributed by atoms with Crippen molar-refractivity contribution in [3.05, 3.63) is 70.4 Å². The topological polar surface area (TPSA) is 122 Å². The van der Waals surface area contributed by atoms with Crippen LogP contribution in [0.5, 0.6) is 0 Å². The van der Waals surface area contributed by atoms with E-state index in [1.165, 1.54) is 31.2 Å². The molecule has 0 radical (unpaired) electrons. The zero-order valence-electron chi connectivity index (χ0n) is 21.6. The minimum absolute atomic E-state index is 0.192. The number of benzene rings is 1. The lowest BCUT2D eigenvalue weighted by Gasteiger charge is -2.38. The lowest BCUT2D eigenvalue weighted by molar-refractivity contribution is 0.00730. The molecule has 38 heavy (non-hydrogen) atoms. The molecule has 4 N–H and O–H groups in total. The Labute approximate surface area is 221 Å². The molecule has 2 aliphatic rings. The molecule has 2 fully saturated rings. The number of aryl methyl sites for hydroxylation is 1. The highest BCUT2D eigenvalue weighted by atomic mass is 16.5. The van der Waals surface area contributed by atoms with Crippen molar-refractivity contribution in [3.8, 4) is 11.3 Å². The number of ether oxygens (including phenoxy) is 1. The first-order valence-electron chi connectivity index (χ1n) is 13.4. The average Bonchev–Trinajstić information content (AvgIpc) is 2.94. The van der Waals surface area contributed by atoms with Gasteiger partial charge in [0.05, 0.1) is 30.0 Å². The number of nitrogens with two attached hydrogens (primary N) is 1. The Kier molecular flexibility index (Phi) is 6.78. The first-order chi connectivity index (χ1) is 18.5. The monoisotopic (exact) mass is 511 g/mol. The van der Waals surface area contributed by atoms with E-state index in [4.69, 9.17) is 15.5 Å². The molecule has 4 aromatic rings. The first kappa shape index (κ1) is 24.5. The molecular formula is C29H33N7O2. The first-order valence-corrected chi connectivity index (χ1v) is 13.4. The maximum absolute atomic E-state index is 12.8. The van der Waals surface area contributed by atoms with Crippen LogP contribution >= 0.6 is 0 Å². The average molecular weight is 512 g/mol. The number of anilines is 3. The number of fused-ring (bicyclic) bond motifs is 1. The van der Waals surface area contributed by atoms with E-state index in [9.17, 15) is 4.79 Å². The van der Waals surface area contributed by atoms with E-state index >= 15 is 0 Å². The summed E-state index contributed by atoms with van der Waals surface area (Å²) in [5.41, 5.74) is 9.99. The molecule has 0 spiro atoms. The third-order valence-corrected chi connectivity index (χ3v) is 7.93. The molecule has 0 atom stereocenters. The van der Waals surface area contributed by atoms with Crippen LogP contribution in [0.4, 0.5) is 17.5 Å². The summed E-state index contributed by atoms with van der Waals surface area (Å²) in [6.07, 6.45) is 8.22. The van der Waals surface area contributed by atoms with Crippen molar-refractivity contribution in [1.29, 1.82) is 0 Å². The van der Waals surface area contributed by atoms with Gasteiger partial charge in [-0.1, -0.05) is 12.1 Å². The number of hydrogen-bond donors (Lipinski definition) is 3. The number of hydrogen-bond acceptors (Lipinski definition) is 8. The quantitative estimate of drug-likeness (QED) is 0.361. The maximum Gasteiger partial charge on any atom is 0.259 e. The summed E-state index contributed by atoms with van der Waals surface area (Å²) in [5.74, 6) is 1.30. The van der Waals surface area contributed by atoms with Gasteiger partial charge in [-0.15, -0.1) is 0 Å². The van der Waals surface area contributed by atoms with Crippen LogP contribution in [-0.4, -0.2) is 57.2 Å². The fourth-order valence-electron chi connectivity index (χ4n) is 5.87. The number of nitrogens with zero attached hydrogens (tertiary/aromatic N) is 4. The highest BCUT2D eigenvalue weighted by Gasteiger charge is 2.27. The van der Waals surface area contributed by atoms with Crippen LogP contribution in [0.25, 0.3) is 22.0 Å². The lowest BCUT2D eigenvalue weighted by atomic mass is 9.81. The second-order valence-electron chi connectivity index (χ2n) is 10.3. The molecule has 0 amide bonds. The van der Waals surface area contributed by atoms with Gasteiger partial charge in [0.15, 0.2) is 0 Å². The summed E-state index contributed by atoms with van der Waals surface area (Å²) >= 11 is 0. The van der Waals surface area contributed by atoms with Gasteiger partial charge in [-0.05, 0) is 73.7 Å². The number of H-pyrrole nitrogens is 1. The summed E-state index contributed by atoms with van der Waals surface area (Å²) < 4.78 is 5.52. The van der Waals surface area contributed by atoms with Crippen LogP contribution in [0.1, 0.15) is 42.9 Å². The molecule has 1 saturated heterocycles. The van der Waals surface area contributed by atoms with Crippen molar-refractivity contribution in [2.45, 2.75) is 44.6 Å². The van der Waals surface area contributed by atoms with Crippen molar-refractivity contribution < 1.29 is 4.74 Å². The normalized spacial score (nSPS) is 20.4. The van der Waals surface area contributed by atoms with Crippen molar-refractivity contribution >= 4 is 28.2 Å². The summed E-state index contributed by atoms with van der Waals surface area (Å²) in [5, 5.41) is 4.69. The molecule has 4 heterocycles. The molecule has 1 aliphatic carbocycles. The van der Waals surface area contributed by atoms with Crippen LogP contribution < -0.4 is 16.6 Å². The Morgan fingerprint density at radius 1 is 1.05 bits per heavy atom. The van der Waals surface area contributed by atoms with Gasteiger partial charge in [0.25, 0.3) is 5.56 Å². The Bertz CT molecular complexity index is 1490. The molecule has 196 valence electrons. The van der Waals surface area contributed by atoms with Crippen LogP contribution in [-0.2, 0) is 4.74 Å². The van der Waals surface area contributed by atoms with E-state index in [1.54, 1.807) is 12.4 Å². The SMILES string of the molecule is Cc1nc(N)ncc1-c1cc2cc[nH]c(=O)c2c(Nc2ccc(C3CCC(N4CCOCC4)CC3)cc2)n1. The van der Waals surface area contributed by atoms with E-state index in [0.29, 0.717) is 28.9 Å². The smallest absolute Gasteiger partial charge is 0.259 e. The zero-order valence-corrected chi connectivity index (χ0v) is 21.6. The van der Waals surface area contributed by atoms with Gasteiger partial charge in [-0.25, -0.2) is 15.0 Å². The van der Waals surface area contributed by atoms with Crippen molar-refractivity contribution in [1.82, 2.24) is 24.8 Å². The van der Waals surface area contributed by atoms with Gasteiger partial charge in [0.2, 0.25) is 5.95 Å².